The average molecular weight is 401 g/mol. The van der Waals surface area contributed by atoms with Crippen molar-refractivity contribution in [3.63, 3.8) is 0 Å². The first kappa shape index (κ1) is 19.3. The van der Waals surface area contributed by atoms with Gasteiger partial charge in [-0.1, -0.05) is 78.9 Å². The lowest BCUT2D eigenvalue weighted by Crippen LogP contribution is -2.31. The molecule has 29 heavy (non-hydrogen) atoms. The van der Waals surface area contributed by atoms with Gasteiger partial charge < -0.3 is 10.3 Å². The third-order valence-electron chi connectivity index (χ3n) is 5.01. The fourth-order valence-electron chi connectivity index (χ4n) is 3.65. The molecule has 3 nitrogen and oxygen atoms in total. The van der Waals surface area contributed by atoms with Crippen LogP contribution in [0.15, 0.2) is 89.8 Å². The first-order chi connectivity index (χ1) is 14.2. The molecule has 0 bridgehead atoms. The summed E-state index contributed by atoms with van der Waals surface area (Å²) < 4.78 is 0. The Morgan fingerprint density at radius 1 is 0.897 bits per heavy atom. The van der Waals surface area contributed by atoms with Gasteiger partial charge in [0, 0.05) is 33.8 Å². The third kappa shape index (κ3) is 4.38. The number of para-hydroxylation sites is 1. The molecule has 1 amide bonds. The normalized spacial score (nSPS) is 11.1. The SMILES string of the molecule is Cc1[nH]c2ccccc2c1SCCNC(=O)C(c1ccccc1)c1ccccc1. The zero-order chi connectivity index (χ0) is 20.1. The van der Waals surface area contributed by atoms with Gasteiger partial charge in [0.25, 0.3) is 0 Å². The minimum Gasteiger partial charge on any atom is -0.358 e. The van der Waals surface area contributed by atoms with E-state index in [0.717, 1.165) is 22.4 Å². The number of amides is 1. The number of benzene rings is 3. The molecule has 2 N–H and O–H groups in total. The topological polar surface area (TPSA) is 44.9 Å². The first-order valence-corrected chi connectivity index (χ1v) is 10.8. The molecule has 1 aromatic heterocycles. The lowest BCUT2D eigenvalue weighted by Gasteiger charge is -2.18. The van der Waals surface area contributed by atoms with Crippen molar-refractivity contribution in [2.45, 2.75) is 17.7 Å². The van der Waals surface area contributed by atoms with Crippen molar-refractivity contribution in [2.75, 3.05) is 12.3 Å². The maximum Gasteiger partial charge on any atom is 0.232 e. The van der Waals surface area contributed by atoms with Crippen LogP contribution in [-0.4, -0.2) is 23.2 Å². The van der Waals surface area contributed by atoms with Gasteiger partial charge in [0.1, 0.15) is 0 Å². The number of hydrogen-bond donors (Lipinski definition) is 2. The second kappa shape index (κ2) is 9.01. The number of hydrogen-bond acceptors (Lipinski definition) is 2. The third-order valence-corrected chi connectivity index (χ3v) is 6.23. The predicted octanol–water partition coefficient (Wildman–Crippen LogP) is 5.52. The zero-order valence-electron chi connectivity index (χ0n) is 16.4. The molecule has 0 aliphatic carbocycles. The van der Waals surface area contributed by atoms with Crippen LogP contribution in [0.3, 0.4) is 0 Å². The number of H-pyrrole nitrogens is 1. The minimum absolute atomic E-state index is 0.0404. The molecule has 0 aliphatic rings. The van der Waals surface area contributed by atoms with Crippen LogP contribution in [0.5, 0.6) is 0 Å². The van der Waals surface area contributed by atoms with E-state index in [0.29, 0.717) is 6.54 Å². The second-order valence-electron chi connectivity index (χ2n) is 7.02. The second-order valence-corrected chi connectivity index (χ2v) is 8.12. The number of thioether (sulfide) groups is 1. The molecule has 0 unspecified atom stereocenters. The molecule has 4 heteroatoms. The van der Waals surface area contributed by atoms with Crippen molar-refractivity contribution < 1.29 is 4.79 Å². The van der Waals surface area contributed by atoms with Crippen molar-refractivity contribution in [3.8, 4) is 0 Å². The van der Waals surface area contributed by atoms with Crippen molar-refractivity contribution in [1.82, 2.24) is 10.3 Å². The molecule has 146 valence electrons. The minimum atomic E-state index is -0.294. The molecule has 0 spiro atoms. The standard InChI is InChI=1S/C25H24N2OS/c1-18-24(21-14-8-9-15-22(21)27-18)29-17-16-26-25(28)23(19-10-4-2-5-11-19)20-12-6-3-7-13-20/h2-15,23,27H,16-17H2,1H3,(H,26,28). The number of rotatable bonds is 7. The molecule has 0 saturated heterocycles. The van der Waals surface area contributed by atoms with Crippen LogP contribution in [-0.2, 0) is 4.79 Å². The smallest absolute Gasteiger partial charge is 0.232 e. The maximum atomic E-state index is 13.1. The molecule has 4 rings (SSSR count). The largest absolute Gasteiger partial charge is 0.358 e. The molecule has 1 heterocycles. The Morgan fingerprint density at radius 3 is 2.14 bits per heavy atom. The van der Waals surface area contributed by atoms with Gasteiger partial charge in [-0.25, -0.2) is 0 Å². The number of carbonyl (C=O) groups is 1. The summed E-state index contributed by atoms with van der Waals surface area (Å²) in [4.78, 5) is 17.7. The van der Waals surface area contributed by atoms with E-state index in [2.05, 4.69) is 35.4 Å². The molecule has 4 aromatic rings. The summed E-state index contributed by atoms with van der Waals surface area (Å²) >= 11 is 1.78. The number of carbonyl (C=O) groups excluding carboxylic acids is 1. The number of aromatic nitrogens is 1. The number of aromatic amines is 1. The van der Waals surface area contributed by atoms with E-state index in [-0.39, 0.29) is 11.8 Å². The molecule has 0 radical (unpaired) electrons. The van der Waals surface area contributed by atoms with Gasteiger partial charge in [-0.3, -0.25) is 4.79 Å². The highest BCUT2D eigenvalue weighted by Crippen LogP contribution is 2.31. The number of nitrogens with one attached hydrogen (secondary N) is 2. The van der Waals surface area contributed by atoms with Crippen LogP contribution < -0.4 is 5.32 Å². The molecular weight excluding hydrogens is 376 g/mol. The van der Waals surface area contributed by atoms with Gasteiger partial charge in [-0.05, 0) is 24.1 Å². The number of fused-ring (bicyclic) bond motifs is 1. The Hall–Kier alpha value is -2.98. The van der Waals surface area contributed by atoms with Crippen molar-refractivity contribution in [1.29, 1.82) is 0 Å². The Bertz CT molecular complexity index is 1050. The van der Waals surface area contributed by atoms with E-state index in [1.165, 1.54) is 16.0 Å². The quantitative estimate of drug-likeness (QED) is 0.317. The fourth-order valence-corrected chi connectivity index (χ4v) is 4.66. The summed E-state index contributed by atoms with van der Waals surface area (Å²) in [7, 11) is 0. The van der Waals surface area contributed by atoms with Gasteiger partial charge in [-0.15, -0.1) is 11.8 Å². The average Bonchev–Trinajstić information content (AvgIpc) is 3.08. The highest BCUT2D eigenvalue weighted by atomic mass is 32.2. The lowest BCUT2D eigenvalue weighted by atomic mass is 9.90. The summed E-state index contributed by atoms with van der Waals surface area (Å²) in [5.41, 5.74) is 4.35. The maximum absolute atomic E-state index is 13.1. The van der Waals surface area contributed by atoms with Crippen LogP contribution in [0.4, 0.5) is 0 Å². The summed E-state index contributed by atoms with van der Waals surface area (Å²) in [6, 6.07) is 28.3. The number of aryl methyl sites for hydroxylation is 1. The Morgan fingerprint density at radius 2 is 1.48 bits per heavy atom. The first-order valence-electron chi connectivity index (χ1n) is 9.82. The lowest BCUT2D eigenvalue weighted by molar-refractivity contribution is -0.121. The van der Waals surface area contributed by atoms with Crippen molar-refractivity contribution in [2.24, 2.45) is 0 Å². The van der Waals surface area contributed by atoms with E-state index in [1.54, 1.807) is 11.8 Å². The fraction of sp³-hybridized carbons (Fsp3) is 0.160. The van der Waals surface area contributed by atoms with E-state index in [1.807, 2.05) is 66.7 Å². The zero-order valence-corrected chi connectivity index (χ0v) is 17.2. The van der Waals surface area contributed by atoms with Crippen molar-refractivity contribution >= 4 is 28.6 Å². The molecular formula is C25H24N2OS. The van der Waals surface area contributed by atoms with Gasteiger partial charge in [0.05, 0.1) is 5.92 Å². The van der Waals surface area contributed by atoms with Crippen LogP contribution in [0.25, 0.3) is 10.9 Å². The van der Waals surface area contributed by atoms with E-state index < -0.39 is 0 Å². The summed E-state index contributed by atoms with van der Waals surface area (Å²) in [6.45, 7) is 2.72. The molecule has 0 aliphatic heterocycles. The van der Waals surface area contributed by atoms with E-state index in [9.17, 15) is 4.79 Å². The van der Waals surface area contributed by atoms with Gasteiger partial charge in [0.2, 0.25) is 5.91 Å². The van der Waals surface area contributed by atoms with Gasteiger partial charge in [-0.2, -0.15) is 0 Å². The summed E-state index contributed by atoms with van der Waals surface area (Å²) in [6.07, 6.45) is 0. The van der Waals surface area contributed by atoms with Crippen LogP contribution >= 0.6 is 11.8 Å². The molecule has 0 atom stereocenters. The predicted molar refractivity (Wildman–Crippen MR) is 121 cm³/mol. The van der Waals surface area contributed by atoms with Gasteiger partial charge in [0.15, 0.2) is 0 Å². The van der Waals surface area contributed by atoms with E-state index >= 15 is 0 Å². The highest BCUT2D eigenvalue weighted by Gasteiger charge is 2.22. The monoisotopic (exact) mass is 400 g/mol. The Labute approximate surface area is 175 Å². The Balaban J connectivity index is 1.43. The van der Waals surface area contributed by atoms with Crippen LogP contribution in [0.2, 0.25) is 0 Å². The van der Waals surface area contributed by atoms with Gasteiger partial charge >= 0.3 is 0 Å². The van der Waals surface area contributed by atoms with Crippen LogP contribution in [0.1, 0.15) is 22.7 Å². The highest BCUT2D eigenvalue weighted by molar-refractivity contribution is 7.99. The summed E-state index contributed by atoms with van der Waals surface area (Å²) in [5, 5.41) is 4.38. The van der Waals surface area contributed by atoms with Crippen molar-refractivity contribution in [3.05, 3.63) is 102 Å². The molecule has 0 fully saturated rings. The molecule has 3 aromatic carbocycles. The van der Waals surface area contributed by atoms with Crippen LogP contribution in [0, 0.1) is 6.92 Å². The Kier molecular flexibility index (Phi) is 6.01. The molecule has 0 saturated carbocycles. The summed E-state index contributed by atoms with van der Waals surface area (Å²) in [5.74, 6) is 0.570. The van der Waals surface area contributed by atoms with E-state index in [4.69, 9.17) is 0 Å².